The van der Waals surface area contributed by atoms with Crippen molar-refractivity contribution < 1.29 is 9.59 Å². The third kappa shape index (κ3) is 3.53. The molecule has 2 amide bonds. The first-order valence-corrected chi connectivity index (χ1v) is 7.69. The Balaban J connectivity index is 1.63. The van der Waals surface area contributed by atoms with E-state index in [4.69, 9.17) is 5.26 Å². The van der Waals surface area contributed by atoms with Crippen LogP contribution in [0.5, 0.6) is 0 Å². The Morgan fingerprint density at radius 1 is 1.04 bits per heavy atom. The molecule has 0 radical (unpaired) electrons. The minimum absolute atomic E-state index is 0.474. The average molecular weight is 337 g/mol. The molecule has 0 unspecified atom stereocenters. The van der Waals surface area contributed by atoms with Crippen molar-refractivity contribution >= 4 is 46.0 Å². The molecule has 0 aliphatic carbocycles. The van der Waals surface area contributed by atoms with E-state index >= 15 is 0 Å². The van der Waals surface area contributed by atoms with E-state index < -0.39 is 11.8 Å². The molecule has 0 saturated heterocycles. The number of H-pyrrole nitrogens is 1. The molecule has 3 N–H and O–H groups in total. The summed E-state index contributed by atoms with van der Waals surface area (Å²) in [5, 5.41) is 15.6. The lowest BCUT2D eigenvalue weighted by Gasteiger charge is -2.07. The van der Waals surface area contributed by atoms with Gasteiger partial charge in [-0.15, -0.1) is 0 Å². The summed E-state index contributed by atoms with van der Waals surface area (Å²) < 4.78 is 0. The molecule has 0 aliphatic rings. The highest BCUT2D eigenvalue weighted by Crippen LogP contribution is 2.19. The number of carbonyl (C=O) groups is 2. The first-order valence-electron chi connectivity index (χ1n) is 6.87. The largest absolute Gasteiger partial charge is 0.345 e. The fraction of sp³-hybridized carbons (Fsp3) is 0. The number of thioether (sulfide) groups is 1. The van der Waals surface area contributed by atoms with Crippen molar-refractivity contribution in [2.45, 2.75) is 4.90 Å². The maximum absolute atomic E-state index is 12.0. The van der Waals surface area contributed by atoms with Crippen LogP contribution < -0.4 is 10.6 Å². The fourth-order valence-corrected chi connectivity index (χ4v) is 2.43. The quantitative estimate of drug-likeness (QED) is 0.386. The molecular weight excluding hydrogens is 326 g/mol. The van der Waals surface area contributed by atoms with Crippen LogP contribution in [0, 0.1) is 10.7 Å². The van der Waals surface area contributed by atoms with Gasteiger partial charge in [-0.2, -0.15) is 5.26 Å². The number of carbonyl (C=O) groups excluding carboxylic acids is 2. The molecule has 118 valence electrons. The van der Waals surface area contributed by atoms with Crippen molar-refractivity contribution in [2.24, 2.45) is 0 Å². The Hall–Kier alpha value is -3.31. The molecule has 7 nitrogen and oxygen atoms in total. The van der Waals surface area contributed by atoms with Crippen LogP contribution in [0.3, 0.4) is 0 Å². The van der Waals surface area contributed by atoms with Gasteiger partial charge in [0.05, 0.1) is 17.4 Å². The predicted molar refractivity (Wildman–Crippen MR) is 91.3 cm³/mol. The Bertz CT molecular complexity index is 943. The third-order valence-corrected chi connectivity index (χ3v) is 3.76. The van der Waals surface area contributed by atoms with Gasteiger partial charge >= 0.3 is 11.8 Å². The van der Waals surface area contributed by atoms with Gasteiger partial charge in [-0.3, -0.25) is 9.59 Å². The van der Waals surface area contributed by atoms with Gasteiger partial charge in [-0.05, 0) is 54.2 Å². The first-order chi connectivity index (χ1) is 11.7. The lowest BCUT2D eigenvalue weighted by molar-refractivity contribution is -0.132. The van der Waals surface area contributed by atoms with Crippen molar-refractivity contribution in [1.29, 1.82) is 5.26 Å². The van der Waals surface area contributed by atoms with Crippen LogP contribution >= 0.6 is 11.8 Å². The Labute approximate surface area is 141 Å². The molecule has 0 saturated carbocycles. The van der Waals surface area contributed by atoms with Crippen molar-refractivity contribution in [1.82, 2.24) is 9.97 Å². The molecule has 3 rings (SSSR count). The van der Waals surface area contributed by atoms with E-state index in [1.807, 2.05) is 5.40 Å². The second kappa shape index (κ2) is 6.85. The molecule has 0 atom stereocenters. The Kier molecular flexibility index (Phi) is 4.45. The van der Waals surface area contributed by atoms with Crippen LogP contribution in [0.2, 0.25) is 0 Å². The average Bonchev–Trinajstić information content (AvgIpc) is 3.04. The number of aromatic nitrogens is 2. The smallest absolute Gasteiger partial charge is 0.314 e. The molecule has 0 spiro atoms. The lowest BCUT2D eigenvalue weighted by Crippen LogP contribution is -2.29. The topological polar surface area (TPSA) is 111 Å². The van der Waals surface area contributed by atoms with Crippen LogP contribution in [0.4, 0.5) is 11.4 Å². The predicted octanol–water partition coefficient (Wildman–Crippen LogP) is 2.71. The highest BCUT2D eigenvalue weighted by molar-refractivity contribution is 8.03. The van der Waals surface area contributed by atoms with E-state index in [0.717, 1.165) is 27.7 Å². The number of aromatic amines is 1. The summed E-state index contributed by atoms with van der Waals surface area (Å²) >= 11 is 1.02. The molecule has 3 aromatic rings. The molecular formula is C16H11N5O2S. The summed E-state index contributed by atoms with van der Waals surface area (Å²) in [6.07, 6.45) is 1.55. The number of anilines is 2. The van der Waals surface area contributed by atoms with Crippen LogP contribution in [0.1, 0.15) is 0 Å². The van der Waals surface area contributed by atoms with Crippen molar-refractivity contribution in [3.63, 3.8) is 0 Å². The van der Waals surface area contributed by atoms with Crippen LogP contribution in [0.15, 0.2) is 53.7 Å². The standard InChI is InChI=1S/C16H11N5O2S/c17-8-24-12-4-1-10(2-5-12)20-15(22)16(23)21-11-3-6-13-14(7-11)19-9-18-13/h1-7,9H,(H,18,19)(H,20,22)(H,21,23). The molecule has 1 heterocycles. The summed E-state index contributed by atoms with van der Waals surface area (Å²) in [5.74, 6) is -1.55. The molecule has 0 fully saturated rings. The molecule has 24 heavy (non-hydrogen) atoms. The molecule has 2 aromatic carbocycles. The first kappa shape index (κ1) is 15.6. The third-order valence-electron chi connectivity index (χ3n) is 3.16. The summed E-state index contributed by atoms with van der Waals surface area (Å²) in [4.78, 5) is 31.7. The monoisotopic (exact) mass is 337 g/mol. The maximum Gasteiger partial charge on any atom is 0.314 e. The zero-order valence-electron chi connectivity index (χ0n) is 12.2. The lowest BCUT2D eigenvalue weighted by atomic mass is 10.2. The Morgan fingerprint density at radius 2 is 1.71 bits per heavy atom. The van der Waals surface area contributed by atoms with E-state index in [-0.39, 0.29) is 0 Å². The minimum Gasteiger partial charge on any atom is -0.345 e. The van der Waals surface area contributed by atoms with Crippen molar-refractivity contribution in [3.8, 4) is 5.40 Å². The second-order valence-corrected chi connectivity index (χ2v) is 5.62. The highest BCUT2D eigenvalue weighted by atomic mass is 32.2. The molecule has 1 aromatic heterocycles. The number of nitrogens with one attached hydrogen (secondary N) is 3. The van der Waals surface area contributed by atoms with Crippen molar-refractivity contribution in [3.05, 3.63) is 48.8 Å². The number of fused-ring (bicyclic) bond motifs is 1. The molecule has 0 aliphatic heterocycles. The van der Waals surface area contributed by atoms with Gasteiger partial charge in [-0.25, -0.2) is 4.98 Å². The number of rotatable bonds is 3. The normalized spacial score (nSPS) is 10.1. The number of nitriles is 1. The minimum atomic E-state index is -0.777. The van der Waals surface area contributed by atoms with E-state index in [1.165, 1.54) is 0 Å². The van der Waals surface area contributed by atoms with Gasteiger partial charge in [-0.1, -0.05) is 0 Å². The fourth-order valence-electron chi connectivity index (χ4n) is 2.05. The van der Waals surface area contributed by atoms with Crippen LogP contribution in [-0.2, 0) is 9.59 Å². The molecule has 8 heteroatoms. The number of imidazole rings is 1. The summed E-state index contributed by atoms with van der Waals surface area (Å²) in [5.41, 5.74) is 2.50. The van der Waals surface area contributed by atoms with E-state index in [9.17, 15) is 9.59 Å². The van der Waals surface area contributed by atoms with Gasteiger partial charge in [0.2, 0.25) is 0 Å². The number of hydrogen-bond acceptors (Lipinski definition) is 5. The van der Waals surface area contributed by atoms with Gasteiger partial charge in [0.15, 0.2) is 0 Å². The highest BCUT2D eigenvalue weighted by Gasteiger charge is 2.14. The van der Waals surface area contributed by atoms with Gasteiger partial charge in [0.25, 0.3) is 0 Å². The van der Waals surface area contributed by atoms with E-state index in [1.54, 1.807) is 48.8 Å². The summed E-state index contributed by atoms with van der Waals surface area (Å²) in [7, 11) is 0. The van der Waals surface area contributed by atoms with Gasteiger partial charge < -0.3 is 15.6 Å². The van der Waals surface area contributed by atoms with Crippen LogP contribution in [0.25, 0.3) is 11.0 Å². The second-order valence-electron chi connectivity index (χ2n) is 4.76. The zero-order valence-corrected chi connectivity index (χ0v) is 13.1. The summed E-state index contributed by atoms with van der Waals surface area (Å²) in [6, 6.07) is 11.7. The van der Waals surface area contributed by atoms with E-state index in [0.29, 0.717) is 11.4 Å². The van der Waals surface area contributed by atoms with Gasteiger partial charge in [0.1, 0.15) is 5.40 Å². The van der Waals surface area contributed by atoms with Crippen molar-refractivity contribution in [2.75, 3.05) is 10.6 Å². The van der Waals surface area contributed by atoms with Gasteiger partial charge in [0, 0.05) is 16.3 Å². The number of thiocyanates is 1. The SMILES string of the molecule is N#CSc1ccc(NC(=O)C(=O)Nc2ccc3nc[nH]c3c2)cc1. The molecule has 0 bridgehead atoms. The zero-order chi connectivity index (χ0) is 16.9. The maximum atomic E-state index is 12.0. The Morgan fingerprint density at radius 3 is 2.42 bits per heavy atom. The number of hydrogen-bond donors (Lipinski definition) is 3. The number of nitrogens with zero attached hydrogens (tertiary/aromatic N) is 2. The van der Waals surface area contributed by atoms with E-state index in [2.05, 4.69) is 20.6 Å². The summed E-state index contributed by atoms with van der Waals surface area (Å²) in [6.45, 7) is 0. The number of benzene rings is 2. The van der Waals surface area contributed by atoms with Crippen LogP contribution in [-0.4, -0.2) is 21.8 Å². The number of amides is 2.